The third-order valence-electron chi connectivity index (χ3n) is 3.20. The molecule has 1 aromatic heterocycles. The number of aryl methyl sites for hydroxylation is 1. The average molecular weight is 275 g/mol. The second kappa shape index (κ2) is 7.71. The Morgan fingerprint density at radius 3 is 3.06 bits per heavy atom. The van der Waals surface area contributed by atoms with E-state index in [-0.39, 0.29) is 12.4 Å². The molecule has 1 aliphatic heterocycles. The van der Waals surface area contributed by atoms with E-state index in [0.29, 0.717) is 0 Å². The second-order valence-electron chi connectivity index (χ2n) is 4.80. The molecule has 0 amide bonds. The Bertz CT molecular complexity index is 345. The van der Waals surface area contributed by atoms with Crippen molar-refractivity contribution in [1.82, 2.24) is 20.4 Å². The Morgan fingerprint density at radius 2 is 2.33 bits per heavy atom. The molecular formula is C12H23ClN4O. The SMILES string of the molecule is CCCc1nc(CN2CCC(CNC)C2)no1.Cl. The Morgan fingerprint density at radius 1 is 1.50 bits per heavy atom. The zero-order valence-corrected chi connectivity index (χ0v) is 12.0. The van der Waals surface area contributed by atoms with E-state index in [9.17, 15) is 0 Å². The molecule has 2 heterocycles. The fourth-order valence-electron chi connectivity index (χ4n) is 2.38. The molecule has 0 spiro atoms. The van der Waals surface area contributed by atoms with Crippen molar-refractivity contribution in [1.29, 1.82) is 0 Å². The van der Waals surface area contributed by atoms with Crippen molar-refractivity contribution in [2.75, 3.05) is 26.7 Å². The highest BCUT2D eigenvalue weighted by Crippen LogP contribution is 2.17. The number of nitrogens with one attached hydrogen (secondary N) is 1. The van der Waals surface area contributed by atoms with Gasteiger partial charge in [-0.05, 0) is 38.9 Å². The van der Waals surface area contributed by atoms with Crippen molar-refractivity contribution >= 4 is 12.4 Å². The van der Waals surface area contributed by atoms with Crippen LogP contribution in [-0.4, -0.2) is 41.7 Å². The van der Waals surface area contributed by atoms with Crippen LogP contribution in [0.4, 0.5) is 0 Å². The molecule has 0 saturated carbocycles. The Balaban J connectivity index is 0.00000162. The monoisotopic (exact) mass is 274 g/mol. The van der Waals surface area contributed by atoms with Crippen LogP contribution in [0.1, 0.15) is 31.5 Å². The molecule has 1 N–H and O–H groups in total. The number of nitrogens with zero attached hydrogens (tertiary/aromatic N) is 3. The lowest BCUT2D eigenvalue weighted by Crippen LogP contribution is -2.24. The highest BCUT2D eigenvalue weighted by molar-refractivity contribution is 5.85. The number of hydrogen-bond donors (Lipinski definition) is 1. The van der Waals surface area contributed by atoms with Crippen LogP contribution in [-0.2, 0) is 13.0 Å². The third kappa shape index (κ3) is 4.23. The molecule has 2 rings (SSSR count). The topological polar surface area (TPSA) is 54.2 Å². The summed E-state index contributed by atoms with van der Waals surface area (Å²) < 4.78 is 5.19. The summed E-state index contributed by atoms with van der Waals surface area (Å²) >= 11 is 0. The van der Waals surface area contributed by atoms with Crippen molar-refractivity contribution in [3.8, 4) is 0 Å². The molecule has 1 aliphatic rings. The van der Waals surface area contributed by atoms with Crippen LogP contribution in [0.25, 0.3) is 0 Å². The first-order valence-corrected chi connectivity index (χ1v) is 6.50. The zero-order chi connectivity index (χ0) is 12.1. The first-order chi connectivity index (χ1) is 8.31. The van der Waals surface area contributed by atoms with Gasteiger partial charge in [-0.2, -0.15) is 4.98 Å². The molecule has 0 aliphatic carbocycles. The van der Waals surface area contributed by atoms with Gasteiger partial charge in [-0.3, -0.25) is 4.90 Å². The molecule has 1 saturated heterocycles. The van der Waals surface area contributed by atoms with Gasteiger partial charge in [-0.25, -0.2) is 0 Å². The van der Waals surface area contributed by atoms with Gasteiger partial charge in [0.2, 0.25) is 5.89 Å². The highest BCUT2D eigenvalue weighted by atomic mass is 35.5. The molecule has 104 valence electrons. The first-order valence-electron chi connectivity index (χ1n) is 6.50. The van der Waals surface area contributed by atoms with E-state index < -0.39 is 0 Å². The molecule has 0 bridgehead atoms. The summed E-state index contributed by atoms with van der Waals surface area (Å²) in [7, 11) is 2.01. The van der Waals surface area contributed by atoms with Crippen molar-refractivity contribution < 1.29 is 4.52 Å². The lowest BCUT2D eigenvalue weighted by Gasteiger charge is -2.13. The van der Waals surface area contributed by atoms with Crippen molar-refractivity contribution in [3.05, 3.63) is 11.7 Å². The molecule has 0 radical (unpaired) electrons. The molecule has 0 aromatic carbocycles. The Labute approximate surface area is 115 Å². The van der Waals surface area contributed by atoms with Gasteiger partial charge in [-0.15, -0.1) is 12.4 Å². The minimum atomic E-state index is 0. The van der Waals surface area contributed by atoms with Crippen LogP contribution >= 0.6 is 12.4 Å². The standard InChI is InChI=1S/C12H22N4O.ClH/c1-3-4-12-14-11(15-17-12)9-16-6-5-10(8-16)7-13-2;/h10,13H,3-9H2,1-2H3;1H. The molecular weight excluding hydrogens is 252 g/mol. The number of likely N-dealkylation sites (tertiary alicyclic amines) is 1. The zero-order valence-electron chi connectivity index (χ0n) is 11.2. The maximum atomic E-state index is 5.19. The van der Waals surface area contributed by atoms with Gasteiger partial charge >= 0.3 is 0 Å². The van der Waals surface area contributed by atoms with Crippen LogP contribution < -0.4 is 5.32 Å². The Kier molecular flexibility index (Phi) is 6.60. The second-order valence-corrected chi connectivity index (χ2v) is 4.80. The van der Waals surface area contributed by atoms with E-state index >= 15 is 0 Å². The van der Waals surface area contributed by atoms with Gasteiger partial charge in [0.15, 0.2) is 5.82 Å². The van der Waals surface area contributed by atoms with E-state index in [2.05, 4.69) is 27.3 Å². The van der Waals surface area contributed by atoms with E-state index in [1.54, 1.807) is 0 Å². The molecule has 5 nitrogen and oxygen atoms in total. The Hall–Kier alpha value is -0.650. The van der Waals surface area contributed by atoms with Gasteiger partial charge in [0, 0.05) is 13.0 Å². The molecule has 1 fully saturated rings. The van der Waals surface area contributed by atoms with E-state index in [1.165, 1.54) is 6.42 Å². The third-order valence-corrected chi connectivity index (χ3v) is 3.20. The number of aromatic nitrogens is 2. The van der Waals surface area contributed by atoms with Crippen LogP contribution in [0.5, 0.6) is 0 Å². The van der Waals surface area contributed by atoms with Gasteiger partial charge < -0.3 is 9.84 Å². The van der Waals surface area contributed by atoms with E-state index in [0.717, 1.165) is 56.7 Å². The van der Waals surface area contributed by atoms with Crippen LogP contribution in [0.2, 0.25) is 0 Å². The van der Waals surface area contributed by atoms with Gasteiger partial charge in [0.05, 0.1) is 6.54 Å². The molecule has 1 atom stereocenters. The van der Waals surface area contributed by atoms with Crippen LogP contribution in [0.3, 0.4) is 0 Å². The summed E-state index contributed by atoms with van der Waals surface area (Å²) in [6.45, 7) is 6.33. The quantitative estimate of drug-likeness (QED) is 0.852. The van der Waals surface area contributed by atoms with Gasteiger partial charge in [-0.1, -0.05) is 12.1 Å². The predicted molar refractivity (Wildman–Crippen MR) is 72.9 cm³/mol. The number of rotatable bonds is 6. The summed E-state index contributed by atoms with van der Waals surface area (Å²) in [6, 6.07) is 0. The summed E-state index contributed by atoms with van der Waals surface area (Å²) in [6.07, 6.45) is 3.20. The summed E-state index contributed by atoms with van der Waals surface area (Å²) in [5.74, 6) is 2.37. The lowest BCUT2D eigenvalue weighted by molar-refractivity contribution is 0.297. The van der Waals surface area contributed by atoms with E-state index in [4.69, 9.17) is 4.52 Å². The maximum absolute atomic E-state index is 5.19. The number of halogens is 1. The van der Waals surface area contributed by atoms with Crippen molar-refractivity contribution in [3.63, 3.8) is 0 Å². The number of hydrogen-bond acceptors (Lipinski definition) is 5. The lowest BCUT2D eigenvalue weighted by atomic mass is 10.1. The fraction of sp³-hybridized carbons (Fsp3) is 0.833. The molecule has 6 heteroatoms. The summed E-state index contributed by atoms with van der Waals surface area (Å²) in [5, 5.41) is 7.26. The molecule has 18 heavy (non-hydrogen) atoms. The fourth-order valence-corrected chi connectivity index (χ4v) is 2.38. The van der Waals surface area contributed by atoms with Gasteiger partial charge in [0.1, 0.15) is 0 Å². The van der Waals surface area contributed by atoms with E-state index in [1.807, 2.05) is 7.05 Å². The predicted octanol–water partition coefficient (Wildman–Crippen LogP) is 1.49. The van der Waals surface area contributed by atoms with Gasteiger partial charge in [0.25, 0.3) is 0 Å². The van der Waals surface area contributed by atoms with Crippen LogP contribution in [0, 0.1) is 5.92 Å². The molecule has 1 aromatic rings. The minimum Gasteiger partial charge on any atom is -0.339 e. The largest absolute Gasteiger partial charge is 0.339 e. The normalized spacial score (nSPS) is 20.0. The minimum absolute atomic E-state index is 0. The maximum Gasteiger partial charge on any atom is 0.226 e. The van der Waals surface area contributed by atoms with Crippen molar-refractivity contribution in [2.45, 2.75) is 32.7 Å². The summed E-state index contributed by atoms with van der Waals surface area (Å²) in [4.78, 5) is 6.80. The highest BCUT2D eigenvalue weighted by Gasteiger charge is 2.23. The van der Waals surface area contributed by atoms with Crippen molar-refractivity contribution in [2.24, 2.45) is 5.92 Å². The summed E-state index contributed by atoms with van der Waals surface area (Å²) in [5.41, 5.74) is 0. The smallest absolute Gasteiger partial charge is 0.226 e. The first kappa shape index (κ1) is 15.4. The van der Waals surface area contributed by atoms with Crippen LogP contribution in [0.15, 0.2) is 4.52 Å². The molecule has 1 unspecified atom stereocenters. The average Bonchev–Trinajstić information content (AvgIpc) is 2.91.